The largest absolute Gasteiger partial charge is 0.380 e. The fraction of sp³-hybridized carbons (Fsp3) is 0.500. The van der Waals surface area contributed by atoms with Crippen LogP contribution < -0.4 is 5.32 Å². The number of ether oxygens (including phenoxy) is 2. The molecule has 2 heterocycles. The summed E-state index contributed by atoms with van der Waals surface area (Å²) < 4.78 is 12.8. The molecule has 1 atom stereocenters. The first kappa shape index (κ1) is 22.0. The summed E-state index contributed by atoms with van der Waals surface area (Å²) in [7, 11) is 5.17. The lowest BCUT2D eigenvalue weighted by Gasteiger charge is -2.24. The Morgan fingerprint density at radius 1 is 1.43 bits per heavy atom. The number of amides is 1. The normalized spacial score (nSPS) is 19.6. The Labute approximate surface area is 177 Å². The Balaban J connectivity index is 1.87. The fourth-order valence-corrected chi connectivity index (χ4v) is 3.63. The van der Waals surface area contributed by atoms with Crippen LogP contribution in [0.3, 0.4) is 0 Å². The summed E-state index contributed by atoms with van der Waals surface area (Å²) in [5, 5.41) is 7.49. The van der Waals surface area contributed by atoms with Gasteiger partial charge in [0.2, 0.25) is 0 Å². The lowest BCUT2D eigenvalue weighted by Crippen LogP contribution is -2.26. The first-order valence-corrected chi connectivity index (χ1v) is 10.2. The average Bonchev–Trinajstić information content (AvgIpc) is 3.33. The molecule has 1 aromatic rings. The molecule has 8 heteroatoms. The predicted molar refractivity (Wildman–Crippen MR) is 115 cm³/mol. The Morgan fingerprint density at radius 2 is 2.23 bits per heavy atom. The molecule has 1 unspecified atom stereocenters. The van der Waals surface area contributed by atoms with Gasteiger partial charge in [-0.05, 0) is 49.0 Å². The molecule has 30 heavy (non-hydrogen) atoms. The van der Waals surface area contributed by atoms with Crippen LogP contribution in [0.1, 0.15) is 44.0 Å². The first-order chi connectivity index (χ1) is 14.4. The number of likely N-dealkylation sites (N-methyl/N-ethyl adjacent to an activating group) is 1. The van der Waals surface area contributed by atoms with E-state index < -0.39 is 0 Å². The summed E-state index contributed by atoms with van der Waals surface area (Å²) in [6.45, 7) is 4.93. The Kier molecular flexibility index (Phi) is 7.23. The van der Waals surface area contributed by atoms with Crippen LogP contribution in [0.5, 0.6) is 0 Å². The highest BCUT2D eigenvalue weighted by Gasteiger charge is 2.25. The van der Waals surface area contributed by atoms with Crippen LogP contribution >= 0.6 is 0 Å². The van der Waals surface area contributed by atoms with Gasteiger partial charge in [-0.15, -0.1) is 0 Å². The second kappa shape index (κ2) is 9.86. The summed E-state index contributed by atoms with van der Waals surface area (Å²) in [5.74, 6) is 0.242. The second-order valence-electron chi connectivity index (χ2n) is 7.79. The van der Waals surface area contributed by atoms with Gasteiger partial charge in [0.15, 0.2) is 17.8 Å². The highest BCUT2D eigenvalue weighted by molar-refractivity contribution is 6.04. The Morgan fingerprint density at radius 3 is 2.83 bits per heavy atom. The van der Waals surface area contributed by atoms with Crippen molar-refractivity contribution < 1.29 is 19.1 Å². The number of ketones is 1. The van der Waals surface area contributed by atoms with Crippen molar-refractivity contribution in [3.05, 3.63) is 41.8 Å². The topological polar surface area (TPSA) is 85.7 Å². The van der Waals surface area contributed by atoms with Crippen LogP contribution in [-0.2, 0) is 19.1 Å². The van der Waals surface area contributed by atoms with Gasteiger partial charge in [0, 0.05) is 40.3 Å². The molecular formula is C22H30N4O4. The smallest absolute Gasteiger partial charge is 0.273 e. The monoisotopic (exact) mass is 414 g/mol. The Hall–Kier alpha value is -2.71. The van der Waals surface area contributed by atoms with Crippen molar-refractivity contribution in [2.75, 3.05) is 39.7 Å². The molecule has 1 saturated heterocycles. The number of carbonyl (C=O) groups is 2. The second-order valence-corrected chi connectivity index (χ2v) is 7.79. The van der Waals surface area contributed by atoms with Gasteiger partial charge in [-0.25, -0.2) is 4.68 Å². The summed E-state index contributed by atoms with van der Waals surface area (Å²) in [4.78, 5) is 26.4. The predicted octanol–water partition coefficient (Wildman–Crippen LogP) is 2.92. The number of allylic oxidation sites excluding steroid dienone is 2. The summed E-state index contributed by atoms with van der Waals surface area (Å²) in [5.41, 5.74) is 2.88. The number of carbonyl (C=O) groups excluding carboxylic acids is 2. The molecule has 8 nitrogen and oxygen atoms in total. The van der Waals surface area contributed by atoms with Crippen LogP contribution in [0.2, 0.25) is 0 Å². The van der Waals surface area contributed by atoms with Gasteiger partial charge >= 0.3 is 0 Å². The van der Waals surface area contributed by atoms with Crippen molar-refractivity contribution in [2.24, 2.45) is 0 Å². The van der Waals surface area contributed by atoms with Crippen LogP contribution in [0.4, 0.5) is 5.82 Å². The third-order valence-electron chi connectivity index (χ3n) is 5.10. The molecular weight excluding hydrogens is 384 g/mol. The summed E-state index contributed by atoms with van der Waals surface area (Å²) in [6.07, 6.45) is 7.28. The average molecular weight is 415 g/mol. The van der Waals surface area contributed by atoms with E-state index in [0.717, 1.165) is 30.5 Å². The number of methoxy groups -OCH3 is 1. The minimum atomic E-state index is -0.297. The molecule has 1 aliphatic carbocycles. The number of rotatable bonds is 8. The number of anilines is 1. The van der Waals surface area contributed by atoms with Crippen LogP contribution in [-0.4, -0.2) is 60.8 Å². The maximum atomic E-state index is 12.9. The SMILES string of the molecule is C=C(/C=C(/C(=O)Nc1cc(C2=CC(=O)CC2)n(C2CCCCO2)n1)N(C)C)COC. The number of hydrogen-bond acceptors (Lipinski definition) is 6. The molecule has 2 aliphatic rings. The van der Waals surface area contributed by atoms with E-state index in [0.29, 0.717) is 43.1 Å². The van der Waals surface area contributed by atoms with Gasteiger partial charge in [0.25, 0.3) is 5.91 Å². The Bertz CT molecular complexity index is 876. The third-order valence-corrected chi connectivity index (χ3v) is 5.10. The van der Waals surface area contributed by atoms with Gasteiger partial charge in [0.05, 0.1) is 12.3 Å². The number of nitrogens with zero attached hydrogens (tertiary/aromatic N) is 3. The fourth-order valence-electron chi connectivity index (χ4n) is 3.63. The van der Waals surface area contributed by atoms with Crippen molar-refractivity contribution in [3.8, 4) is 0 Å². The van der Waals surface area contributed by atoms with E-state index in [9.17, 15) is 9.59 Å². The molecule has 1 aliphatic heterocycles. The molecule has 3 rings (SSSR count). The van der Waals surface area contributed by atoms with E-state index >= 15 is 0 Å². The van der Waals surface area contributed by atoms with Gasteiger partial charge in [-0.3, -0.25) is 9.59 Å². The molecule has 1 N–H and O–H groups in total. The lowest BCUT2D eigenvalue weighted by molar-refractivity contribution is -0.114. The zero-order valence-electron chi connectivity index (χ0n) is 17.9. The zero-order chi connectivity index (χ0) is 21.7. The molecule has 162 valence electrons. The standard InChI is InChI=1S/C22H30N4O4/c1-15(14-29-4)11-19(25(2)3)22(28)23-20-13-18(16-8-9-17(27)12-16)26(24-20)21-7-5-6-10-30-21/h11-13,21H,1,5-10,14H2,2-4H3,(H,23,24,28)/b19-11-. The van der Waals surface area contributed by atoms with Gasteiger partial charge in [-0.1, -0.05) is 6.58 Å². The molecule has 0 aromatic carbocycles. The van der Waals surface area contributed by atoms with E-state index in [4.69, 9.17) is 9.47 Å². The molecule has 0 spiro atoms. The highest BCUT2D eigenvalue weighted by Crippen LogP contribution is 2.32. The molecule has 0 bridgehead atoms. The maximum absolute atomic E-state index is 12.9. The highest BCUT2D eigenvalue weighted by atomic mass is 16.5. The van der Waals surface area contributed by atoms with Crippen molar-refractivity contribution in [3.63, 3.8) is 0 Å². The number of hydrogen-bond donors (Lipinski definition) is 1. The third kappa shape index (κ3) is 5.25. The maximum Gasteiger partial charge on any atom is 0.273 e. The van der Waals surface area contributed by atoms with Crippen molar-refractivity contribution >= 4 is 23.1 Å². The van der Waals surface area contributed by atoms with Crippen molar-refractivity contribution in [1.29, 1.82) is 0 Å². The van der Waals surface area contributed by atoms with E-state index in [2.05, 4.69) is 17.0 Å². The summed E-state index contributed by atoms with van der Waals surface area (Å²) in [6, 6.07) is 1.82. The molecule has 1 aromatic heterocycles. The van der Waals surface area contributed by atoms with Gasteiger partial charge < -0.3 is 19.7 Å². The van der Waals surface area contributed by atoms with Gasteiger partial charge in [-0.2, -0.15) is 5.10 Å². The molecule has 0 radical (unpaired) electrons. The van der Waals surface area contributed by atoms with Crippen LogP contribution in [0.25, 0.3) is 5.57 Å². The van der Waals surface area contributed by atoms with E-state index in [1.807, 2.05) is 10.7 Å². The quantitative estimate of drug-likeness (QED) is 0.520. The molecule has 1 fully saturated rings. The van der Waals surface area contributed by atoms with Crippen LogP contribution in [0, 0.1) is 0 Å². The first-order valence-electron chi connectivity index (χ1n) is 10.2. The van der Waals surface area contributed by atoms with Crippen molar-refractivity contribution in [2.45, 2.75) is 38.3 Å². The number of aromatic nitrogens is 2. The molecule has 1 amide bonds. The molecule has 0 saturated carbocycles. The lowest BCUT2D eigenvalue weighted by atomic mass is 10.1. The minimum absolute atomic E-state index is 0.113. The van der Waals surface area contributed by atoms with E-state index in [1.54, 1.807) is 38.3 Å². The number of nitrogens with one attached hydrogen (secondary N) is 1. The van der Waals surface area contributed by atoms with Crippen LogP contribution in [0.15, 0.2) is 36.1 Å². The zero-order valence-corrected chi connectivity index (χ0v) is 17.9. The van der Waals surface area contributed by atoms with E-state index in [1.165, 1.54) is 0 Å². The minimum Gasteiger partial charge on any atom is -0.380 e. The van der Waals surface area contributed by atoms with Crippen molar-refractivity contribution in [1.82, 2.24) is 14.7 Å². The summed E-state index contributed by atoms with van der Waals surface area (Å²) >= 11 is 0. The van der Waals surface area contributed by atoms with E-state index in [-0.39, 0.29) is 17.9 Å². The van der Waals surface area contributed by atoms with Gasteiger partial charge in [0.1, 0.15) is 5.70 Å².